The summed E-state index contributed by atoms with van der Waals surface area (Å²) in [4.78, 5) is 35.1. The number of nitrogens with one attached hydrogen (secondary N) is 1. The van der Waals surface area contributed by atoms with E-state index in [1.54, 1.807) is 12.1 Å². The van der Waals surface area contributed by atoms with Crippen molar-refractivity contribution in [3.05, 3.63) is 53.6 Å². The normalized spacial score (nSPS) is 9.92. The Morgan fingerprint density at radius 2 is 1.69 bits per heavy atom. The van der Waals surface area contributed by atoms with Crippen molar-refractivity contribution in [2.45, 2.75) is 0 Å². The molecular weight excluding hydrogens is 340 g/mol. The molecule has 0 saturated carbocycles. The SMILES string of the molecule is COc1cccc(C(=O)OCC(=O)Nc2ccc(C(N)=O)cc2)c1OC. The second kappa shape index (κ2) is 8.52. The Hall–Kier alpha value is -3.55. The molecule has 0 spiro atoms. The highest BCUT2D eigenvalue weighted by molar-refractivity contribution is 5.98. The highest BCUT2D eigenvalue weighted by Gasteiger charge is 2.18. The van der Waals surface area contributed by atoms with Crippen LogP contribution in [-0.4, -0.2) is 38.6 Å². The maximum atomic E-state index is 12.2. The number of esters is 1. The Bertz CT molecular complexity index is 817. The molecule has 8 heteroatoms. The Kier molecular flexibility index (Phi) is 6.15. The highest BCUT2D eigenvalue weighted by Crippen LogP contribution is 2.31. The number of hydrogen-bond acceptors (Lipinski definition) is 6. The Balaban J connectivity index is 1.97. The summed E-state index contributed by atoms with van der Waals surface area (Å²) in [6.45, 7) is -0.489. The molecule has 8 nitrogen and oxygen atoms in total. The minimum Gasteiger partial charge on any atom is -0.493 e. The van der Waals surface area contributed by atoms with Crippen LogP contribution < -0.4 is 20.5 Å². The number of hydrogen-bond donors (Lipinski definition) is 2. The monoisotopic (exact) mass is 358 g/mol. The molecular formula is C18H18N2O6. The van der Waals surface area contributed by atoms with Crippen molar-refractivity contribution < 1.29 is 28.6 Å². The van der Waals surface area contributed by atoms with E-state index in [9.17, 15) is 14.4 Å². The lowest BCUT2D eigenvalue weighted by Gasteiger charge is -2.12. The summed E-state index contributed by atoms with van der Waals surface area (Å²) < 4.78 is 15.3. The van der Waals surface area contributed by atoms with Gasteiger partial charge in [0.1, 0.15) is 5.56 Å². The molecule has 2 amide bonds. The molecule has 3 N–H and O–H groups in total. The van der Waals surface area contributed by atoms with E-state index >= 15 is 0 Å². The summed E-state index contributed by atoms with van der Waals surface area (Å²) in [6.07, 6.45) is 0. The summed E-state index contributed by atoms with van der Waals surface area (Å²) >= 11 is 0. The summed E-state index contributed by atoms with van der Waals surface area (Å²) in [7, 11) is 2.85. The van der Waals surface area contributed by atoms with Crippen molar-refractivity contribution in [3.63, 3.8) is 0 Å². The zero-order valence-corrected chi connectivity index (χ0v) is 14.3. The number of rotatable bonds is 7. The van der Waals surface area contributed by atoms with E-state index in [4.69, 9.17) is 19.9 Å². The molecule has 0 heterocycles. The molecule has 0 radical (unpaired) electrons. The first kappa shape index (κ1) is 18.8. The average Bonchev–Trinajstić information content (AvgIpc) is 2.65. The largest absolute Gasteiger partial charge is 0.493 e. The van der Waals surface area contributed by atoms with Gasteiger partial charge in [-0.2, -0.15) is 0 Å². The standard InChI is InChI=1S/C18H18N2O6/c1-24-14-5-3-4-13(16(14)25-2)18(23)26-10-15(21)20-12-8-6-11(7-9-12)17(19)22/h3-9H,10H2,1-2H3,(H2,19,22)(H,20,21). The lowest BCUT2D eigenvalue weighted by Crippen LogP contribution is -2.21. The third-order valence-corrected chi connectivity index (χ3v) is 3.41. The molecule has 26 heavy (non-hydrogen) atoms. The van der Waals surface area contributed by atoms with Gasteiger partial charge in [0.25, 0.3) is 5.91 Å². The molecule has 0 aliphatic heterocycles. The minimum atomic E-state index is -0.722. The maximum absolute atomic E-state index is 12.2. The first-order valence-corrected chi connectivity index (χ1v) is 7.54. The maximum Gasteiger partial charge on any atom is 0.342 e. The number of benzene rings is 2. The van der Waals surface area contributed by atoms with Gasteiger partial charge in [-0.1, -0.05) is 6.07 Å². The summed E-state index contributed by atoms with van der Waals surface area (Å²) in [6, 6.07) is 10.7. The van der Waals surface area contributed by atoms with Crippen molar-refractivity contribution in [1.82, 2.24) is 0 Å². The van der Waals surface area contributed by atoms with Crippen LogP contribution in [0.5, 0.6) is 11.5 Å². The van der Waals surface area contributed by atoms with Crippen molar-refractivity contribution in [1.29, 1.82) is 0 Å². The van der Waals surface area contributed by atoms with Crippen molar-refractivity contribution >= 4 is 23.5 Å². The molecule has 0 aliphatic carbocycles. The zero-order chi connectivity index (χ0) is 19.1. The van der Waals surface area contributed by atoms with Crippen LogP contribution in [0.25, 0.3) is 0 Å². The van der Waals surface area contributed by atoms with E-state index in [0.717, 1.165) is 0 Å². The van der Waals surface area contributed by atoms with Gasteiger partial charge in [-0.15, -0.1) is 0 Å². The molecule has 136 valence electrons. The number of para-hydroxylation sites is 1. The van der Waals surface area contributed by atoms with Gasteiger partial charge in [-0.3, -0.25) is 9.59 Å². The molecule has 2 aromatic rings. The van der Waals surface area contributed by atoms with Gasteiger partial charge in [0.2, 0.25) is 5.91 Å². The molecule has 0 aromatic heterocycles. The van der Waals surface area contributed by atoms with Crippen molar-refractivity contribution in [3.8, 4) is 11.5 Å². The number of anilines is 1. The zero-order valence-electron chi connectivity index (χ0n) is 14.3. The van der Waals surface area contributed by atoms with Crippen molar-refractivity contribution in [2.24, 2.45) is 5.73 Å². The first-order chi connectivity index (χ1) is 12.5. The lowest BCUT2D eigenvalue weighted by molar-refractivity contribution is -0.119. The lowest BCUT2D eigenvalue weighted by atomic mass is 10.2. The van der Waals surface area contributed by atoms with Gasteiger partial charge in [0.05, 0.1) is 14.2 Å². The van der Waals surface area contributed by atoms with E-state index in [0.29, 0.717) is 17.0 Å². The number of amides is 2. The average molecular weight is 358 g/mol. The fourth-order valence-corrected chi connectivity index (χ4v) is 2.17. The van der Waals surface area contributed by atoms with Crippen LogP contribution in [-0.2, 0) is 9.53 Å². The predicted molar refractivity (Wildman–Crippen MR) is 93.4 cm³/mol. The van der Waals surface area contributed by atoms with E-state index in [1.807, 2.05) is 0 Å². The van der Waals surface area contributed by atoms with Crippen molar-refractivity contribution in [2.75, 3.05) is 26.1 Å². The van der Waals surface area contributed by atoms with Gasteiger partial charge in [0, 0.05) is 11.3 Å². The number of carbonyl (C=O) groups excluding carboxylic acids is 3. The van der Waals surface area contributed by atoms with Gasteiger partial charge in [0.15, 0.2) is 18.1 Å². The van der Waals surface area contributed by atoms with Gasteiger partial charge in [-0.25, -0.2) is 4.79 Å². The van der Waals surface area contributed by atoms with Crippen LogP contribution in [0.4, 0.5) is 5.69 Å². The Morgan fingerprint density at radius 1 is 1.00 bits per heavy atom. The van der Waals surface area contributed by atoms with Gasteiger partial charge >= 0.3 is 5.97 Å². The smallest absolute Gasteiger partial charge is 0.342 e. The number of carbonyl (C=O) groups is 3. The summed E-state index contributed by atoms with van der Waals surface area (Å²) in [5, 5.41) is 2.54. The summed E-state index contributed by atoms with van der Waals surface area (Å²) in [5.41, 5.74) is 6.05. The molecule has 0 aliphatic rings. The molecule has 2 aromatic carbocycles. The van der Waals surface area contributed by atoms with E-state index in [-0.39, 0.29) is 11.3 Å². The third kappa shape index (κ3) is 4.50. The van der Waals surface area contributed by atoms with E-state index in [1.165, 1.54) is 44.6 Å². The molecule has 0 unspecified atom stereocenters. The van der Waals surface area contributed by atoms with Crippen LogP contribution in [0.15, 0.2) is 42.5 Å². The number of nitrogens with two attached hydrogens (primary N) is 1. The first-order valence-electron chi connectivity index (χ1n) is 7.54. The van der Waals surface area contributed by atoms with Crippen LogP contribution in [0.3, 0.4) is 0 Å². The quantitative estimate of drug-likeness (QED) is 0.726. The number of primary amides is 1. The second-order valence-electron chi connectivity index (χ2n) is 5.11. The van der Waals surface area contributed by atoms with Crippen LogP contribution in [0, 0.1) is 0 Å². The molecule has 0 fully saturated rings. The highest BCUT2D eigenvalue weighted by atomic mass is 16.5. The number of ether oxygens (including phenoxy) is 3. The molecule has 0 atom stereocenters. The van der Waals surface area contributed by atoms with Crippen LogP contribution in [0.2, 0.25) is 0 Å². The van der Waals surface area contributed by atoms with E-state index < -0.39 is 24.4 Å². The second-order valence-corrected chi connectivity index (χ2v) is 5.11. The molecule has 0 saturated heterocycles. The van der Waals surface area contributed by atoms with Gasteiger partial charge < -0.3 is 25.3 Å². The van der Waals surface area contributed by atoms with E-state index in [2.05, 4.69) is 5.32 Å². The topological polar surface area (TPSA) is 117 Å². The predicted octanol–water partition coefficient (Wildman–Crippen LogP) is 1.60. The Labute approximate surface area is 149 Å². The fraction of sp³-hybridized carbons (Fsp3) is 0.167. The number of methoxy groups -OCH3 is 2. The van der Waals surface area contributed by atoms with Gasteiger partial charge in [-0.05, 0) is 36.4 Å². The Morgan fingerprint density at radius 3 is 2.27 bits per heavy atom. The third-order valence-electron chi connectivity index (χ3n) is 3.41. The minimum absolute atomic E-state index is 0.144. The molecule has 2 rings (SSSR count). The fourth-order valence-electron chi connectivity index (χ4n) is 2.17. The molecule has 0 bridgehead atoms. The van der Waals surface area contributed by atoms with Crippen LogP contribution in [0.1, 0.15) is 20.7 Å². The summed E-state index contributed by atoms with van der Waals surface area (Å²) in [5.74, 6) is -1.22. The van der Waals surface area contributed by atoms with Crippen LogP contribution >= 0.6 is 0 Å².